The van der Waals surface area contributed by atoms with Crippen molar-refractivity contribution in [1.29, 1.82) is 0 Å². The number of carbonyl (C=O) groups excluding carboxylic acids is 1. The summed E-state index contributed by atoms with van der Waals surface area (Å²) in [5.74, 6) is -0.0465. The molecule has 0 aliphatic rings. The van der Waals surface area contributed by atoms with Crippen molar-refractivity contribution in [2.24, 2.45) is 0 Å². The molecule has 0 aliphatic carbocycles. The predicted octanol–water partition coefficient (Wildman–Crippen LogP) is 2.81. The lowest BCUT2D eigenvalue weighted by Crippen LogP contribution is -2.14. The summed E-state index contributed by atoms with van der Waals surface area (Å²) in [5.41, 5.74) is 2.57. The average molecular weight is 393 g/mol. The van der Waals surface area contributed by atoms with E-state index >= 15 is 0 Å². The summed E-state index contributed by atoms with van der Waals surface area (Å²) in [6, 6.07) is 15.8. The molecule has 2 heterocycles. The highest BCUT2D eigenvalue weighted by atomic mass is 32.2. The van der Waals surface area contributed by atoms with Crippen LogP contribution in [-0.2, 0) is 4.79 Å². The van der Waals surface area contributed by atoms with Crippen LogP contribution in [0.3, 0.4) is 0 Å². The molecule has 1 N–H and O–H groups in total. The monoisotopic (exact) mass is 393 g/mol. The van der Waals surface area contributed by atoms with Gasteiger partial charge in [-0.3, -0.25) is 4.79 Å². The van der Waals surface area contributed by atoms with E-state index in [1.165, 1.54) is 17.8 Å². The van der Waals surface area contributed by atoms with E-state index in [0.29, 0.717) is 16.4 Å². The zero-order valence-electron chi connectivity index (χ0n) is 14.8. The second kappa shape index (κ2) is 7.65. The lowest BCUT2D eigenvalue weighted by Gasteiger charge is -2.08. The summed E-state index contributed by atoms with van der Waals surface area (Å²) in [7, 11) is 0. The first-order valence-corrected chi connectivity index (χ1v) is 9.40. The van der Waals surface area contributed by atoms with Crippen LogP contribution in [0.15, 0.2) is 69.0 Å². The van der Waals surface area contributed by atoms with Gasteiger partial charge in [0.25, 0.3) is 0 Å². The highest BCUT2D eigenvalue weighted by Crippen LogP contribution is 2.21. The van der Waals surface area contributed by atoms with Crippen LogP contribution in [0.25, 0.3) is 16.7 Å². The van der Waals surface area contributed by atoms with Gasteiger partial charge in [0.2, 0.25) is 11.1 Å². The number of nitrogens with one attached hydrogen (secondary N) is 1. The standard InChI is InChI=1S/C19H15N5O3S/c1-12-4-2-3-5-15(12)24-19(21-22-23-24)28-11-17(25)20-14-7-8-16-13(10-14)6-9-18(26)27-16/h2-10H,11H2,1H3,(H,20,25). The third-order valence-electron chi connectivity index (χ3n) is 4.02. The Labute approximate surface area is 163 Å². The molecule has 8 nitrogen and oxygen atoms in total. The Bertz CT molecular complexity index is 1220. The van der Waals surface area contributed by atoms with Gasteiger partial charge in [0.05, 0.1) is 11.4 Å². The lowest BCUT2D eigenvalue weighted by molar-refractivity contribution is -0.113. The van der Waals surface area contributed by atoms with E-state index < -0.39 is 5.63 Å². The SMILES string of the molecule is Cc1ccccc1-n1nnnc1SCC(=O)Nc1ccc2oc(=O)ccc2c1. The zero-order valence-corrected chi connectivity index (χ0v) is 15.6. The van der Waals surface area contributed by atoms with Gasteiger partial charge in [-0.05, 0) is 53.2 Å². The maximum absolute atomic E-state index is 12.3. The van der Waals surface area contributed by atoms with Crippen LogP contribution in [0.5, 0.6) is 0 Å². The fourth-order valence-electron chi connectivity index (χ4n) is 2.70. The Kier molecular flexibility index (Phi) is 4.90. The van der Waals surface area contributed by atoms with Crippen LogP contribution in [0.4, 0.5) is 5.69 Å². The number of fused-ring (bicyclic) bond motifs is 1. The van der Waals surface area contributed by atoms with Gasteiger partial charge in [0, 0.05) is 17.1 Å². The molecule has 28 heavy (non-hydrogen) atoms. The van der Waals surface area contributed by atoms with Gasteiger partial charge in [-0.2, -0.15) is 4.68 Å². The molecular weight excluding hydrogens is 378 g/mol. The number of anilines is 1. The largest absolute Gasteiger partial charge is 0.423 e. The topological polar surface area (TPSA) is 103 Å². The summed E-state index contributed by atoms with van der Waals surface area (Å²) in [5, 5.41) is 15.8. The maximum atomic E-state index is 12.3. The zero-order chi connectivity index (χ0) is 19.5. The molecule has 0 unspecified atom stereocenters. The molecule has 0 spiro atoms. The molecule has 0 radical (unpaired) electrons. The number of nitrogens with zero attached hydrogens (tertiary/aromatic N) is 4. The number of para-hydroxylation sites is 1. The second-order valence-corrected chi connectivity index (χ2v) is 6.95. The van der Waals surface area contributed by atoms with Gasteiger partial charge in [0.15, 0.2) is 0 Å². The Balaban J connectivity index is 1.44. The number of tetrazole rings is 1. The van der Waals surface area contributed by atoms with Crippen LogP contribution in [0.2, 0.25) is 0 Å². The smallest absolute Gasteiger partial charge is 0.336 e. The number of benzene rings is 2. The number of aryl methyl sites for hydroxylation is 1. The summed E-state index contributed by atoms with van der Waals surface area (Å²) in [4.78, 5) is 23.6. The molecule has 0 saturated heterocycles. The van der Waals surface area contributed by atoms with E-state index in [2.05, 4.69) is 20.8 Å². The van der Waals surface area contributed by atoms with Crippen molar-refractivity contribution in [2.75, 3.05) is 11.1 Å². The number of hydrogen-bond donors (Lipinski definition) is 1. The normalized spacial score (nSPS) is 10.9. The Morgan fingerprint density at radius 2 is 2.04 bits per heavy atom. The molecule has 1 amide bonds. The van der Waals surface area contributed by atoms with E-state index in [1.54, 1.807) is 28.9 Å². The van der Waals surface area contributed by atoms with Gasteiger partial charge in [0.1, 0.15) is 5.58 Å². The molecule has 4 aromatic rings. The Hall–Kier alpha value is -3.46. The maximum Gasteiger partial charge on any atom is 0.336 e. The molecule has 0 fully saturated rings. The number of amides is 1. The molecule has 0 atom stereocenters. The first-order chi connectivity index (χ1) is 13.6. The fraction of sp³-hybridized carbons (Fsp3) is 0.105. The van der Waals surface area contributed by atoms with Gasteiger partial charge in [-0.1, -0.05) is 30.0 Å². The number of carbonyl (C=O) groups is 1. The first kappa shape index (κ1) is 17.9. The minimum Gasteiger partial charge on any atom is -0.423 e. The second-order valence-electron chi connectivity index (χ2n) is 6.00. The average Bonchev–Trinajstić information content (AvgIpc) is 3.15. The molecule has 4 rings (SSSR count). The van der Waals surface area contributed by atoms with Crippen molar-refractivity contribution in [1.82, 2.24) is 20.2 Å². The van der Waals surface area contributed by atoms with Crippen molar-refractivity contribution < 1.29 is 9.21 Å². The van der Waals surface area contributed by atoms with Crippen LogP contribution in [-0.4, -0.2) is 31.9 Å². The Morgan fingerprint density at radius 1 is 1.18 bits per heavy atom. The van der Waals surface area contributed by atoms with Crippen molar-refractivity contribution in [3.05, 3.63) is 70.6 Å². The van der Waals surface area contributed by atoms with Crippen LogP contribution in [0.1, 0.15) is 5.56 Å². The quantitative estimate of drug-likeness (QED) is 0.411. The summed E-state index contributed by atoms with van der Waals surface area (Å²) >= 11 is 1.25. The van der Waals surface area contributed by atoms with Crippen LogP contribution >= 0.6 is 11.8 Å². The van der Waals surface area contributed by atoms with E-state index in [9.17, 15) is 9.59 Å². The van der Waals surface area contributed by atoms with Crippen molar-refractivity contribution in [3.63, 3.8) is 0 Å². The Morgan fingerprint density at radius 3 is 2.89 bits per heavy atom. The van der Waals surface area contributed by atoms with Crippen molar-refractivity contribution in [2.45, 2.75) is 12.1 Å². The molecule has 0 saturated carbocycles. The van der Waals surface area contributed by atoms with Crippen LogP contribution in [0, 0.1) is 6.92 Å². The summed E-state index contributed by atoms with van der Waals surface area (Å²) < 4.78 is 6.70. The summed E-state index contributed by atoms with van der Waals surface area (Å²) in [6.07, 6.45) is 0. The van der Waals surface area contributed by atoms with Gasteiger partial charge >= 0.3 is 5.63 Å². The molecule has 0 bridgehead atoms. The van der Waals surface area contributed by atoms with Crippen LogP contribution < -0.4 is 10.9 Å². The molecule has 2 aromatic heterocycles. The van der Waals surface area contributed by atoms with Crippen molar-refractivity contribution >= 4 is 34.3 Å². The molecule has 140 valence electrons. The van der Waals surface area contributed by atoms with Crippen molar-refractivity contribution in [3.8, 4) is 5.69 Å². The number of aromatic nitrogens is 4. The molecule has 0 aliphatic heterocycles. The molecule has 2 aromatic carbocycles. The first-order valence-electron chi connectivity index (χ1n) is 8.41. The minimum absolute atomic E-state index is 0.147. The lowest BCUT2D eigenvalue weighted by atomic mass is 10.2. The predicted molar refractivity (Wildman–Crippen MR) is 106 cm³/mol. The summed E-state index contributed by atoms with van der Waals surface area (Å²) in [6.45, 7) is 1.97. The molecule has 9 heteroatoms. The third-order valence-corrected chi connectivity index (χ3v) is 4.94. The number of hydrogen-bond acceptors (Lipinski definition) is 7. The van der Waals surface area contributed by atoms with Gasteiger partial charge in [-0.15, -0.1) is 5.10 Å². The van der Waals surface area contributed by atoms with Gasteiger partial charge in [-0.25, -0.2) is 4.79 Å². The van der Waals surface area contributed by atoms with E-state index in [-0.39, 0.29) is 11.7 Å². The molecular formula is C19H15N5O3S. The highest BCUT2D eigenvalue weighted by molar-refractivity contribution is 7.99. The van der Waals surface area contributed by atoms with Gasteiger partial charge < -0.3 is 9.73 Å². The third kappa shape index (κ3) is 3.79. The van der Waals surface area contributed by atoms with E-state index in [0.717, 1.165) is 16.6 Å². The highest BCUT2D eigenvalue weighted by Gasteiger charge is 2.13. The van der Waals surface area contributed by atoms with E-state index in [4.69, 9.17) is 4.42 Å². The number of thioether (sulfide) groups is 1. The minimum atomic E-state index is -0.410. The fourth-order valence-corrected chi connectivity index (χ4v) is 3.38. The van der Waals surface area contributed by atoms with E-state index in [1.807, 2.05) is 31.2 Å². The number of rotatable bonds is 5.